The Balaban J connectivity index is 1.12. The SMILES string of the molecule is CC(C)(C)Sc1nc2c3nc4nc(nc5[nH]c(nc6nc(nc([nH]3)c2nc1SC(C)(C)C)-c1nc(-c2ccccn2)c(-c2ccccn2)nc1-6)c1nc(-c2ccccn2)c(-c2ccccn2)nc51)-c1nc(-c2ccccn2)c(-c2ccccn2)nc1-4. The van der Waals surface area contributed by atoms with Crippen LogP contribution in [0.4, 0.5) is 0 Å². The molecule has 13 aromatic heterocycles. The molecule has 0 saturated carbocycles. The van der Waals surface area contributed by atoms with E-state index < -0.39 is 0 Å². The highest BCUT2D eigenvalue weighted by molar-refractivity contribution is 8.03. The fraction of sp³-hybridized carbons (Fsp3) is 0.129. The molecule has 0 aliphatic carbocycles. The number of rotatable bonds is 8. The van der Waals surface area contributed by atoms with Crippen molar-refractivity contribution in [3.05, 3.63) is 146 Å². The average Bonchev–Trinajstić information content (AvgIpc) is 1.66. The molecule has 15 rings (SSSR count). The van der Waals surface area contributed by atoms with Crippen molar-refractivity contribution >= 4 is 68.2 Å². The van der Waals surface area contributed by atoms with Crippen LogP contribution in [-0.2, 0) is 0 Å². The van der Waals surface area contributed by atoms with E-state index in [0.717, 1.165) is 0 Å². The Morgan fingerprint density at radius 3 is 0.709 bits per heavy atom. The Morgan fingerprint density at radius 2 is 0.488 bits per heavy atom. The van der Waals surface area contributed by atoms with E-state index in [9.17, 15) is 0 Å². The Morgan fingerprint density at radius 1 is 0.256 bits per heavy atom. The first-order chi connectivity index (χ1) is 41.8. The van der Waals surface area contributed by atoms with Gasteiger partial charge in [-0.15, -0.1) is 0 Å². The van der Waals surface area contributed by atoms with Crippen LogP contribution < -0.4 is 0 Å². The molecule has 0 spiro atoms. The van der Waals surface area contributed by atoms with Crippen LogP contribution in [0.5, 0.6) is 0 Å². The zero-order valence-corrected chi connectivity index (χ0v) is 48.3. The van der Waals surface area contributed by atoms with Crippen molar-refractivity contribution in [1.82, 2.24) is 110 Å². The van der Waals surface area contributed by atoms with Crippen LogP contribution in [0.3, 0.4) is 0 Å². The van der Waals surface area contributed by atoms with Crippen molar-refractivity contribution in [2.45, 2.75) is 61.1 Å². The first-order valence-corrected chi connectivity index (χ1v) is 28.8. The van der Waals surface area contributed by atoms with Crippen LogP contribution in [0.25, 0.3) is 159 Å². The molecular formula is C62H44N22S2. The molecule has 2 aliphatic rings. The maximum atomic E-state index is 5.42. The van der Waals surface area contributed by atoms with Gasteiger partial charge in [-0.2, -0.15) is 0 Å². The molecule has 0 radical (unpaired) electrons. The lowest BCUT2D eigenvalue weighted by atomic mass is 10.1. The first kappa shape index (κ1) is 52.1. The molecule has 0 fully saturated rings. The summed E-state index contributed by atoms with van der Waals surface area (Å²) in [5.41, 5.74) is 9.57. The molecule has 8 bridgehead atoms. The zero-order valence-electron chi connectivity index (χ0n) is 46.6. The molecule has 86 heavy (non-hydrogen) atoms. The van der Waals surface area contributed by atoms with E-state index in [1.807, 2.05) is 109 Å². The molecule has 15 heterocycles. The summed E-state index contributed by atoms with van der Waals surface area (Å²) in [6, 6.07) is 33.6. The van der Waals surface area contributed by atoms with Gasteiger partial charge in [0.1, 0.15) is 89.1 Å². The van der Waals surface area contributed by atoms with Gasteiger partial charge in [0.2, 0.25) is 0 Å². The molecule has 22 nitrogen and oxygen atoms in total. The van der Waals surface area contributed by atoms with Crippen LogP contribution in [0, 0.1) is 0 Å². The predicted molar refractivity (Wildman–Crippen MR) is 329 cm³/mol. The molecule has 414 valence electrons. The van der Waals surface area contributed by atoms with Gasteiger partial charge in [0.05, 0.1) is 34.2 Å². The van der Waals surface area contributed by atoms with Crippen LogP contribution in [0.1, 0.15) is 41.5 Å². The van der Waals surface area contributed by atoms with E-state index in [2.05, 4.69) is 51.5 Å². The largest absolute Gasteiger partial charge is 0.321 e. The number of nitrogens with one attached hydrogen (secondary N) is 2. The van der Waals surface area contributed by atoms with Crippen LogP contribution in [0.15, 0.2) is 156 Å². The Labute approximate surface area is 497 Å². The standard InChI is InChI=1S/C62H44N22S2/c1-61(2,3)85-59-60(86-62(4,5)6)76-50-49(75-59)57-82-55-47-45(71-39(33-21-9-15-27-65-33)41(73-47)35-23-11-17-29-67-35)53(80-55)78-51-43-44(70-38(32-20-8-14-26-64-32)37(69-43)31-19-7-13-25-63-31)52(77-51)79-54-46-48(56(81-54)83-58(50)84-57)74-42(36-24-12-18-30-68-36)40(72-46)34-22-10-16-28-66-34/h7-30H,1-6H3,(H2,77,78,79,80,81,82,83,84). The number of fused-ring (bicyclic) bond motifs is 20. The van der Waals surface area contributed by atoms with Gasteiger partial charge in [0, 0.05) is 46.7 Å². The van der Waals surface area contributed by atoms with Crippen molar-refractivity contribution in [3.8, 4) is 114 Å². The van der Waals surface area contributed by atoms with Crippen LogP contribution >= 0.6 is 23.5 Å². The lowest BCUT2D eigenvalue weighted by Crippen LogP contribution is -2.11. The van der Waals surface area contributed by atoms with Gasteiger partial charge in [-0.05, 0) is 72.8 Å². The molecule has 0 aromatic carbocycles. The number of hydrogen-bond acceptors (Lipinski definition) is 22. The minimum Gasteiger partial charge on any atom is -0.321 e. The number of aromatic amines is 2. The van der Waals surface area contributed by atoms with E-state index in [1.54, 1.807) is 60.7 Å². The number of H-pyrrole nitrogens is 2. The summed E-state index contributed by atoms with van der Waals surface area (Å²) in [5.74, 6) is 0.589. The van der Waals surface area contributed by atoms with Gasteiger partial charge < -0.3 is 9.97 Å². The normalized spacial score (nSPS) is 12.2. The zero-order chi connectivity index (χ0) is 58.3. The van der Waals surface area contributed by atoms with Crippen molar-refractivity contribution < 1.29 is 0 Å². The summed E-state index contributed by atoms with van der Waals surface area (Å²) in [6.07, 6.45) is 10.2. The van der Waals surface area contributed by atoms with Crippen LogP contribution in [0.2, 0.25) is 0 Å². The average molecular weight is 1160 g/mol. The fourth-order valence-corrected chi connectivity index (χ4v) is 11.7. The van der Waals surface area contributed by atoms with Gasteiger partial charge in [-0.1, -0.05) is 101 Å². The number of aromatic nitrogens is 22. The van der Waals surface area contributed by atoms with Crippen LogP contribution in [-0.4, -0.2) is 119 Å². The van der Waals surface area contributed by atoms with E-state index in [4.69, 9.17) is 99.7 Å². The minimum atomic E-state index is -0.258. The topological polar surface area (TPSA) is 289 Å². The number of thioether (sulfide) groups is 2. The van der Waals surface area contributed by atoms with E-state index in [0.29, 0.717) is 123 Å². The second-order valence-corrected chi connectivity index (χ2v) is 25.3. The number of hydrogen-bond donors (Lipinski definition) is 2. The van der Waals surface area contributed by atoms with Gasteiger partial charge >= 0.3 is 0 Å². The summed E-state index contributed by atoms with van der Waals surface area (Å²) in [4.78, 5) is 110. The number of nitrogens with zero attached hydrogens (tertiary/aromatic N) is 20. The van der Waals surface area contributed by atoms with Gasteiger partial charge in [-0.3, -0.25) is 29.9 Å². The minimum absolute atomic E-state index is 0.138. The summed E-state index contributed by atoms with van der Waals surface area (Å²) < 4.78 is -0.516. The van der Waals surface area contributed by atoms with E-state index >= 15 is 0 Å². The maximum Gasteiger partial charge on any atom is 0.184 e. The third-order valence-corrected chi connectivity index (χ3v) is 15.6. The summed E-state index contributed by atoms with van der Waals surface area (Å²) in [6.45, 7) is 12.8. The monoisotopic (exact) mass is 1160 g/mol. The van der Waals surface area contributed by atoms with Crippen molar-refractivity contribution in [3.63, 3.8) is 0 Å². The molecule has 24 heteroatoms. The molecule has 2 aliphatic heterocycles. The van der Waals surface area contributed by atoms with Gasteiger partial charge in [-0.25, -0.2) is 69.8 Å². The second kappa shape index (κ2) is 20.6. The molecule has 0 saturated heterocycles. The van der Waals surface area contributed by atoms with Gasteiger partial charge in [0.25, 0.3) is 0 Å². The van der Waals surface area contributed by atoms with Crippen molar-refractivity contribution in [2.24, 2.45) is 0 Å². The first-order valence-electron chi connectivity index (χ1n) is 27.2. The lowest BCUT2D eigenvalue weighted by molar-refractivity contribution is 0.782. The summed E-state index contributed by atoms with van der Waals surface area (Å²) in [7, 11) is 0. The van der Waals surface area contributed by atoms with E-state index in [-0.39, 0.29) is 55.4 Å². The molecule has 0 amide bonds. The third-order valence-electron chi connectivity index (χ3n) is 13.3. The highest BCUT2D eigenvalue weighted by Crippen LogP contribution is 2.44. The van der Waals surface area contributed by atoms with Crippen molar-refractivity contribution in [2.75, 3.05) is 0 Å². The van der Waals surface area contributed by atoms with E-state index in [1.165, 1.54) is 0 Å². The van der Waals surface area contributed by atoms with Gasteiger partial charge in [0.15, 0.2) is 45.9 Å². The second-order valence-electron chi connectivity index (χ2n) is 21.7. The maximum absolute atomic E-state index is 5.42. The summed E-state index contributed by atoms with van der Waals surface area (Å²) >= 11 is 3.21. The molecule has 2 N–H and O–H groups in total. The molecular weight excluding hydrogens is 1120 g/mol. The smallest absolute Gasteiger partial charge is 0.184 e. The quantitative estimate of drug-likeness (QED) is 0.134. The highest BCUT2D eigenvalue weighted by Gasteiger charge is 2.32. The Kier molecular flexibility index (Phi) is 12.5. The third kappa shape index (κ3) is 9.64. The molecule has 0 unspecified atom stereocenters. The molecule has 13 aromatic rings. The fourth-order valence-electron chi connectivity index (χ4n) is 9.73. The highest BCUT2D eigenvalue weighted by atomic mass is 32.2. The lowest BCUT2D eigenvalue weighted by Gasteiger charge is -2.22. The number of pyridine rings is 6. The Bertz CT molecular complexity index is 4700. The van der Waals surface area contributed by atoms with Crippen molar-refractivity contribution in [1.29, 1.82) is 0 Å². The molecule has 0 atom stereocenters. The summed E-state index contributed by atoms with van der Waals surface area (Å²) in [5, 5.41) is 1.42. The Hall–Kier alpha value is -10.7. The predicted octanol–water partition coefficient (Wildman–Crippen LogP) is 12.2.